The number of benzene rings is 1. The summed E-state index contributed by atoms with van der Waals surface area (Å²) in [6.45, 7) is 7.28. The Morgan fingerprint density at radius 1 is 1.26 bits per heavy atom. The molecule has 148 valence electrons. The zero-order valence-corrected chi connectivity index (χ0v) is 16.2. The molecule has 2 heterocycles. The molecule has 2 aliphatic heterocycles. The lowest BCUT2D eigenvalue weighted by Crippen LogP contribution is -2.49. The van der Waals surface area contributed by atoms with Crippen molar-refractivity contribution in [1.29, 1.82) is 0 Å². The second-order valence-electron chi connectivity index (χ2n) is 8.01. The van der Waals surface area contributed by atoms with Crippen LogP contribution in [0.1, 0.15) is 33.6 Å². The van der Waals surface area contributed by atoms with Crippen molar-refractivity contribution in [2.45, 2.75) is 45.3 Å². The molecule has 3 rings (SSSR count). The van der Waals surface area contributed by atoms with Gasteiger partial charge in [0.1, 0.15) is 18.3 Å². The molecule has 2 atom stereocenters. The van der Waals surface area contributed by atoms with Gasteiger partial charge < -0.3 is 24.4 Å². The SMILES string of the molecule is CC(C)(C)OC(=O)N1CCCC(C(=O)NCC2COc3ccccc3O2)C1. The molecule has 0 aromatic heterocycles. The molecule has 2 amide bonds. The number of fused-ring (bicyclic) bond motifs is 1. The molecule has 1 aromatic rings. The summed E-state index contributed by atoms with van der Waals surface area (Å²) in [5.41, 5.74) is -0.541. The van der Waals surface area contributed by atoms with Crippen LogP contribution in [0.2, 0.25) is 0 Å². The summed E-state index contributed by atoms with van der Waals surface area (Å²) in [6, 6.07) is 7.49. The molecule has 7 nitrogen and oxygen atoms in total. The highest BCUT2D eigenvalue weighted by Gasteiger charge is 2.31. The van der Waals surface area contributed by atoms with Crippen molar-refractivity contribution in [1.82, 2.24) is 10.2 Å². The molecule has 1 saturated heterocycles. The lowest BCUT2D eigenvalue weighted by molar-refractivity contribution is -0.127. The fourth-order valence-electron chi connectivity index (χ4n) is 3.21. The number of para-hydroxylation sites is 2. The Kier molecular flexibility index (Phi) is 5.77. The summed E-state index contributed by atoms with van der Waals surface area (Å²) in [5.74, 6) is 1.12. The Morgan fingerprint density at radius 2 is 2.00 bits per heavy atom. The Labute approximate surface area is 160 Å². The van der Waals surface area contributed by atoms with Gasteiger partial charge in [-0.15, -0.1) is 0 Å². The van der Waals surface area contributed by atoms with Crippen molar-refractivity contribution in [3.8, 4) is 11.5 Å². The van der Waals surface area contributed by atoms with E-state index in [4.69, 9.17) is 14.2 Å². The van der Waals surface area contributed by atoms with Gasteiger partial charge in [-0.25, -0.2) is 4.79 Å². The quantitative estimate of drug-likeness (QED) is 0.877. The van der Waals surface area contributed by atoms with Crippen molar-refractivity contribution in [3.63, 3.8) is 0 Å². The average molecular weight is 376 g/mol. The summed E-state index contributed by atoms with van der Waals surface area (Å²) in [7, 11) is 0. The third-order valence-electron chi connectivity index (χ3n) is 4.52. The highest BCUT2D eigenvalue weighted by atomic mass is 16.6. The fourth-order valence-corrected chi connectivity index (χ4v) is 3.21. The molecule has 0 spiro atoms. The highest BCUT2D eigenvalue weighted by Crippen LogP contribution is 2.30. The van der Waals surface area contributed by atoms with Crippen LogP contribution in [0.4, 0.5) is 4.79 Å². The first-order valence-electron chi connectivity index (χ1n) is 9.46. The van der Waals surface area contributed by atoms with Gasteiger partial charge in [0, 0.05) is 13.1 Å². The number of carbonyl (C=O) groups excluding carboxylic acids is 2. The van der Waals surface area contributed by atoms with Crippen LogP contribution >= 0.6 is 0 Å². The monoisotopic (exact) mass is 376 g/mol. The number of amides is 2. The van der Waals surface area contributed by atoms with Crippen LogP contribution in [0.3, 0.4) is 0 Å². The number of rotatable bonds is 3. The molecule has 1 fully saturated rings. The summed E-state index contributed by atoms with van der Waals surface area (Å²) in [6.07, 6.45) is 0.957. The molecule has 0 saturated carbocycles. The van der Waals surface area contributed by atoms with E-state index in [1.165, 1.54) is 0 Å². The molecule has 0 aliphatic carbocycles. The maximum atomic E-state index is 12.6. The van der Waals surface area contributed by atoms with E-state index < -0.39 is 5.60 Å². The standard InChI is InChI=1S/C20H28N2O5/c1-20(2,3)27-19(24)22-10-6-7-14(12-22)18(23)21-11-15-13-25-16-8-4-5-9-17(16)26-15/h4-5,8-9,14-15H,6-7,10-13H2,1-3H3,(H,21,23). The van der Waals surface area contributed by atoms with Crippen molar-refractivity contribution >= 4 is 12.0 Å². The number of nitrogens with zero attached hydrogens (tertiary/aromatic N) is 1. The molecule has 0 radical (unpaired) electrons. The molecule has 1 aromatic carbocycles. The fraction of sp³-hybridized carbons (Fsp3) is 0.600. The van der Waals surface area contributed by atoms with Crippen LogP contribution in [0.5, 0.6) is 11.5 Å². The minimum atomic E-state index is -0.541. The van der Waals surface area contributed by atoms with Crippen molar-refractivity contribution in [2.24, 2.45) is 5.92 Å². The van der Waals surface area contributed by atoms with E-state index in [-0.39, 0.29) is 24.0 Å². The summed E-state index contributed by atoms with van der Waals surface area (Å²) < 4.78 is 16.9. The number of nitrogens with one attached hydrogen (secondary N) is 1. The minimum Gasteiger partial charge on any atom is -0.486 e. The number of ether oxygens (including phenoxy) is 3. The minimum absolute atomic E-state index is 0.0642. The summed E-state index contributed by atoms with van der Waals surface area (Å²) in [4.78, 5) is 26.4. The lowest BCUT2D eigenvalue weighted by atomic mass is 9.97. The number of piperidine rings is 1. The molecule has 27 heavy (non-hydrogen) atoms. The van der Waals surface area contributed by atoms with Gasteiger partial charge in [-0.1, -0.05) is 12.1 Å². The Bertz CT molecular complexity index is 685. The summed E-state index contributed by atoms with van der Waals surface area (Å²) in [5, 5.41) is 2.94. The zero-order valence-electron chi connectivity index (χ0n) is 16.2. The van der Waals surface area contributed by atoms with Gasteiger partial charge in [-0.3, -0.25) is 4.79 Å². The van der Waals surface area contributed by atoms with Gasteiger partial charge in [0.15, 0.2) is 11.5 Å². The van der Waals surface area contributed by atoms with Crippen LogP contribution in [0.25, 0.3) is 0 Å². The molecule has 1 N–H and O–H groups in total. The first kappa shape index (κ1) is 19.3. The lowest BCUT2D eigenvalue weighted by Gasteiger charge is -2.34. The first-order chi connectivity index (χ1) is 12.8. The Balaban J connectivity index is 1.47. The summed E-state index contributed by atoms with van der Waals surface area (Å²) >= 11 is 0. The zero-order chi connectivity index (χ0) is 19.4. The van der Waals surface area contributed by atoms with Crippen LogP contribution in [-0.4, -0.2) is 54.8 Å². The molecular formula is C20H28N2O5. The van der Waals surface area contributed by atoms with Crippen molar-refractivity contribution in [2.75, 3.05) is 26.2 Å². The van der Waals surface area contributed by atoms with E-state index in [2.05, 4.69) is 5.32 Å². The molecule has 7 heteroatoms. The molecule has 2 unspecified atom stereocenters. The van der Waals surface area contributed by atoms with E-state index in [0.29, 0.717) is 32.0 Å². The van der Waals surface area contributed by atoms with Crippen molar-refractivity contribution in [3.05, 3.63) is 24.3 Å². The highest BCUT2D eigenvalue weighted by molar-refractivity contribution is 5.80. The third-order valence-corrected chi connectivity index (χ3v) is 4.52. The predicted molar refractivity (Wildman–Crippen MR) is 99.9 cm³/mol. The molecule has 0 bridgehead atoms. The van der Waals surface area contributed by atoms with Gasteiger partial charge >= 0.3 is 6.09 Å². The predicted octanol–water partition coefficient (Wildman–Crippen LogP) is 2.59. The van der Waals surface area contributed by atoms with E-state index in [1.54, 1.807) is 4.90 Å². The Morgan fingerprint density at radius 3 is 2.74 bits per heavy atom. The normalized spacial score (nSPS) is 22.1. The first-order valence-corrected chi connectivity index (χ1v) is 9.46. The number of likely N-dealkylation sites (tertiary alicyclic amines) is 1. The van der Waals surface area contributed by atoms with E-state index in [0.717, 1.165) is 18.6 Å². The molecule has 2 aliphatic rings. The van der Waals surface area contributed by atoms with Gasteiger partial charge in [-0.05, 0) is 45.7 Å². The van der Waals surface area contributed by atoms with Gasteiger partial charge in [0.2, 0.25) is 5.91 Å². The van der Waals surface area contributed by atoms with Crippen LogP contribution in [0, 0.1) is 5.92 Å². The average Bonchev–Trinajstić information content (AvgIpc) is 2.64. The number of hydrogen-bond acceptors (Lipinski definition) is 5. The topological polar surface area (TPSA) is 77.1 Å². The van der Waals surface area contributed by atoms with Crippen LogP contribution in [-0.2, 0) is 9.53 Å². The van der Waals surface area contributed by atoms with Crippen molar-refractivity contribution < 1.29 is 23.8 Å². The number of hydrogen-bond donors (Lipinski definition) is 1. The third kappa shape index (κ3) is 5.28. The smallest absolute Gasteiger partial charge is 0.410 e. The van der Waals surface area contributed by atoms with Gasteiger partial charge in [0.25, 0.3) is 0 Å². The van der Waals surface area contributed by atoms with E-state index in [1.807, 2.05) is 45.0 Å². The van der Waals surface area contributed by atoms with Gasteiger partial charge in [0.05, 0.1) is 12.5 Å². The van der Waals surface area contributed by atoms with E-state index >= 15 is 0 Å². The maximum Gasteiger partial charge on any atom is 0.410 e. The van der Waals surface area contributed by atoms with Crippen LogP contribution in [0.15, 0.2) is 24.3 Å². The van der Waals surface area contributed by atoms with Crippen LogP contribution < -0.4 is 14.8 Å². The van der Waals surface area contributed by atoms with E-state index in [9.17, 15) is 9.59 Å². The number of carbonyl (C=O) groups is 2. The Hall–Kier alpha value is -2.44. The maximum absolute atomic E-state index is 12.6. The molecular weight excluding hydrogens is 348 g/mol. The second-order valence-corrected chi connectivity index (χ2v) is 8.01. The largest absolute Gasteiger partial charge is 0.486 e. The second kappa shape index (κ2) is 8.06. The van der Waals surface area contributed by atoms with Gasteiger partial charge in [-0.2, -0.15) is 0 Å².